The van der Waals surface area contributed by atoms with E-state index in [2.05, 4.69) is 15.6 Å². The Labute approximate surface area is 137 Å². The predicted octanol–water partition coefficient (Wildman–Crippen LogP) is 3.64. The van der Waals surface area contributed by atoms with Crippen LogP contribution in [0.3, 0.4) is 0 Å². The molecule has 0 spiro atoms. The average Bonchev–Trinajstić information content (AvgIpc) is 2.95. The van der Waals surface area contributed by atoms with E-state index in [0.717, 1.165) is 5.69 Å². The highest BCUT2D eigenvalue weighted by molar-refractivity contribution is 7.14. The van der Waals surface area contributed by atoms with Crippen molar-refractivity contribution in [1.29, 1.82) is 0 Å². The minimum atomic E-state index is -0.524. The fourth-order valence-corrected chi connectivity index (χ4v) is 2.81. The van der Waals surface area contributed by atoms with Gasteiger partial charge in [0.1, 0.15) is 5.69 Å². The van der Waals surface area contributed by atoms with Gasteiger partial charge < -0.3 is 5.32 Å². The van der Waals surface area contributed by atoms with Gasteiger partial charge in [0, 0.05) is 29.5 Å². The number of anilines is 2. The molecule has 122 valence electrons. The van der Waals surface area contributed by atoms with Gasteiger partial charge in [-0.25, -0.2) is 4.98 Å². The molecule has 0 bridgehead atoms. The lowest BCUT2D eigenvalue weighted by molar-refractivity contribution is -0.384. The van der Waals surface area contributed by atoms with Crippen LogP contribution in [0.2, 0.25) is 0 Å². The van der Waals surface area contributed by atoms with Crippen molar-refractivity contribution in [3.8, 4) is 0 Å². The molecule has 0 fully saturated rings. The van der Waals surface area contributed by atoms with E-state index in [4.69, 9.17) is 0 Å². The summed E-state index contributed by atoms with van der Waals surface area (Å²) in [6.45, 7) is 6.11. The Kier molecular flexibility index (Phi) is 4.65. The van der Waals surface area contributed by atoms with Crippen LogP contribution in [0.15, 0.2) is 23.6 Å². The van der Waals surface area contributed by atoms with Gasteiger partial charge >= 0.3 is 0 Å². The Morgan fingerprint density at radius 3 is 2.57 bits per heavy atom. The quantitative estimate of drug-likeness (QED) is 0.657. The summed E-state index contributed by atoms with van der Waals surface area (Å²) in [5.74, 6) is -0.425. The third-order valence-electron chi connectivity index (χ3n) is 3.22. The number of hydrogen-bond acceptors (Lipinski definition) is 6. The van der Waals surface area contributed by atoms with Crippen molar-refractivity contribution in [2.75, 3.05) is 17.7 Å². The summed E-state index contributed by atoms with van der Waals surface area (Å²) in [5, 5.41) is 18.8. The van der Waals surface area contributed by atoms with E-state index < -0.39 is 10.8 Å². The van der Waals surface area contributed by atoms with Crippen LogP contribution in [0.4, 0.5) is 16.5 Å². The minimum absolute atomic E-state index is 0.104. The van der Waals surface area contributed by atoms with Crippen LogP contribution in [0.5, 0.6) is 0 Å². The number of nitro groups is 1. The summed E-state index contributed by atoms with van der Waals surface area (Å²) in [6.07, 6.45) is 0. The van der Waals surface area contributed by atoms with Crippen LogP contribution in [0.1, 0.15) is 36.8 Å². The zero-order valence-electron chi connectivity index (χ0n) is 13.3. The molecule has 0 saturated carbocycles. The van der Waals surface area contributed by atoms with Crippen molar-refractivity contribution in [1.82, 2.24) is 4.98 Å². The lowest BCUT2D eigenvalue weighted by Crippen LogP contribution is -2.14. The molecule has 1 aromatic heterocycles. The third-order valence-corrected chi connectivity index (χ3v) is 3.98. The molecular formula is C15H18N4O3S. The van der Waals surface area contributed by atoms with Crippen molar-refractivity contribution in [2.45, 2.75) is 26.2 Å². The zero-order chi connectivity index (χ0) is 17.2. The highest BCUT2D eigenvalue weighted by Gasteiger charge is 2.20. The second-order valence-corrected chi connectivity index (χ2v) is 6.84. The molecule has 1 aromatic carbocycles. The molecule has 0 saturated heterocycles. The van der Waals surface area contributed by atoms with Crippen molar-refractivity contribution < 1.29 is 9.72 Å². The smallest absolute Gasteiger partial charge is 0.293 e. The highest BCUT2D eigenvalue weighted by atomic mass is 32.1. The Hall–Kier alpha value is -2.48. The van der Waals surface area contributed by atoms with E-state index in [0.29, 0.717) is 10.8 Å². The molecule has 2 rings (SSSR count). The van der Waals surface area contributed by atoms with E-state index in [9.17, 15) is 14.9 Å². The summed E-state index contributed by atoms with van der Waals surface area (Å²) in [5.41, 5.74) is 1.20. The van der Waals surface area contributed by atoms with Gasteiger partial charge in [-0.2, -0.15) is 0 Å². The number of hydrogen-bond donors (Lipinski definition) is 2. The van der Waals surface area contributed by atoms with E-state index >= 15 is 0 Å². The average molecular weight is 334 g/mol. The molecule has 1 amide bonds. The maximum atomic E-state index is 12.3. The number of carbonyl (C=O) groups excluding carboxylic acids is 1. The normalized spacial score (nSPS) is 11.1. The van der Waals surface area contributed by atoms with E-state index in [1.165, 1.54) is 29.5 Å². The standard InChI is InChI=1S/C15H18N4O3S/c1-15(2,3)12-8-23-14(17-12)18-13(20)9-5-6-10(16-4)11(7-9)19(21)22/h5-8,16H,1-4H3,(H,17,18,20). The lowest BCUT2D eigenvalue weighted by Gasteiger charge is -2.14. The molecule has 8 heteroatoms. The van der Waals surface area contributed by atoms with Crippen LogP contribution in [-0.2, 0) is 5.41 Å². The highest BCUT2D eigenvalue weighted by Crippen LogP contribution is 2.28. The van der Waals surface area contributed by atoms with Crippen LogP contribution < -0.4 is 10.6 Å². The first kappa shape index (κ1) is 16.9. The molecule has 7 nitrogen and oxygen atoms in total. The van der Waals surface area contributed by atoms with Gasteiger partial charge in [0.25, 0.3) is 11.6 Å². The van der Waals surface area contributed by atoms with Gasteiger partial charge in [-0.05, 0) is 12.1 Å². The first-order valence-electron chi connectivity index (χ1n) is 6.96. The number of carbonyl (C=O) groups is 1. The summed E-state index contributed by atoms with van der Waals surface area (Å²) in [4.78, 5) is 27.2. The molecule has 2 N–H and O–H groups in total. The van der Waals surface area contributed by atoms with Crippen molar-refractivity contribution in [3.05, 3.63) is 45.0 Å². The lowest BCUT2D eigenvalue weighted by atomic mass is 9.93. The van der Waals surface area contributed by atoms with Gasteiger partial charge in [-0.15, -0.1) is 11.3 Å². The molecule has 0 aliphatic rings. The van der Waals surface area contributed by atoms with E-state index in [-0.39, 0.29) is 16.7 Å². The van der Waals surface area contributed by atoms with Gasteiger partial charge in [0.2, 0.25) is 0 Å². The van der Waals surface area contributed by atoms with Crippen LogP contribution in [-0.4, -0.2) is 22.9 Å². The van der Waals surface area contributed by atoms with Crippen LogP contribution in [0, 0.1) is 10.1 Å². The zero-order valence-corrected chi connectivity index (χ0v) is 14.2. The van der Waals surface area contributed by atoms with Crippen LogP contribution in [0.25, 0.3) is 0 Å². The summed E-state index contributed by atoms with van der Waals surface area (Å²) in [6, 6.07) is 4.29. The molecule has 0 radical (unpaired) electrons. The topological polar surface area (TPSA) is 97.2 Å². The summed E-state index contributed by atoms with van der Waals surface area (Å²) < 4.78 is 0. The maximum absolute atomic E-state index is 12.3. The molecule has 0 unspecified atom stereocenters. The number of rotatable bonds is 4. The van der Waals surface area contributed by atoms with Crippen LogP contribution >= 0.6 is 11.3 Å². The monoisotopic (exact) mass is 334 g/mol. The minimum Gasteiger partial charge on any atom is -0.383 e. The Balaban J connectivity index is 2.22. The maximum Gasteiger partial charge on any atom is 0.293 e. The number of benzene rings is 1. The molecular weight excluding hydrogens is 316 g/mol. The van der Waals surface area contributed by atoms with Gasteiger partial charge in [0.15, 0.2) is 5.13 Å². The molecule has 2 aromatic rings. The van der Waals surface area contributed by atoms with Crippen molar-refractivity contribution >= 4 is 33.8 Å². The molecule has 1 heterocycles. The number of aromatic nitrogens is 1. The Morgan fingerprint density at radius 1 is 1.35 bits per heavy atom. The van der Waals surface area contributed by atoms with Crippen molar-refractivity contribution in [2.24, 2.45) is 0 Å². The second kappa shape index (κ2) is 6.33. The predicted molar refractivity (Wildman–Crippen MR) is 91.4 cm³/mol. The fourth-order valence-electron chi connectivity index (χ4n) is 1.88. The SMILES string of the molecule is CNc1ccc(C(=O)Nc2nc(C(C)(C)C)cs2)cc1[N+](=O)[O-]. The largest absolute Gasteiger partial charge is 0.383 e. The summed E-state index contributed by atoms with van der Waals surface area (Å²) >= 11 is 1.33. The Bertz CT molecular complexity index is 749. The second-order valence-electron chi connectivity index (χ2n) is 5.98. The van der Waals surface area contributed by atoms with E-state index in [1.807, 2.05) is 26.2 Å². The van der Waals surface area contributed by atoms with Gasteiger partial charge in [-0.1, -0.05) is 20.8 Å². The molecule has 0 aliphatic heterocycles. The first-order chi connectivity index (χ1) is 10.7. The van der Waals surface area contributed by atoms with Gasteiger partial charge in [0.05, 0.1) is 10.6 Å². The number of nitro benzene ring substituents is 1. The molecule has 0 atom stereocenters. The number of thiazole rings is 1. The first-order valence-corrected chi connectivity index (χ1v) is 7.84. The van der Waals surface area contributed by atoms with Crippen molar-refractivity contribution in [3.63, 3.8) is 0 Å². The number of nitrogens with one attached hydrogen (secondary N) is 2. The molecule has 23 heavy (non-hydrogen) atoms. The van der Waals surface area contributed by atoms with E-state index in [1.54, 1.807) is 7.05 Å². The summed E-state index contributed by atoms with van der Waals surface area (Å²) in [7, 11) is 1.59. The third kappa shape index (κ3) is 3.84. The molecule has 0 aliphatic carbocycles. The van der Waals surface area contributed by atoms with Gasteiger partial charge in [-0.3, -0.25) is 20.2 Å². The Morgan fingerprint density at radius 2 is 2.04 bits per heavy atom. The number of amides is 1. The number of nitrogens with zero attached hydrogens (tertiary/aromatic N) is 2. The fraction of sp³-hybridized carbons (Fsp3) is 0.333.